The third-order valence-electron chi connectivity index (χ3n) is 4.53. The summed E-state index contributed by atoms with van der Waals surface area (Å²) in [7, 11) is -3.08. The van der Waals surface area contributed by atoms with Crippen LogP contribution < -0.4 is 5.32 Å². The Balaban J connectivity index is 1.59. The monoisotopic (exact) mass is 336 g/mol. The molecule has 6 heteroatoms. The van der Waals surface area contributed by atoms with Crippen LogP contribution in [0, 0.1) is 5.92 Å². The fourth-order valence-electron chi connectivity index (χ4n) is 3.15. The molecule has 2 aromatic rings. The van der Waals surface area contributed by atoms with Gasteiger partial charge in [0.2, 0.25) is 10.0 Å². The van der Waals surface area contributed by atoms with Crippen molar-refractivity contribution in [1.29, 1.82) is 0 Å². The van der Waals surface area contributed by atoms with Crippen LogP contribution in [0.2, 0.25) is 0 Å². The minimum Gasteiger partial charge on any atom is -0.459 e. The minimum atomic E-state index is -3.08. The molecule has 0 spiro atoms. The van der Waals surface area contributed by atoms with Crippen LogP contribution >= 0.6 is 0 Å². The minimum absolute atomic E-state index is 0.107. The molecule has 1 fully saturated rings. The quantitative estimate of drug-likeness (QED) is 0.912. The number of para-hydroxylation sites is 1. The summed E-state index contributed by atoms with van der Waals surface area (Å²) in [6.45, 7) is 4.13. The van der Waals surface area contributed by atoms with Crippen LogP contribution in [-0.2, 0) is 10.0 Å². The third-order valence-corrected chi connectivity index (χ3v) is 5.80. The largest absolute Gasteiger partial charge is 0.459 e. The normalized spacial score (nSPS) is 21.6. The fourth-order valence-corrected chi connectivity index (χ4v) is 4.10. The predicted molar refractivity (Wildman–Crippen MR) is 91.8 cm³/mol. The summed E-state index contributed by atoms with van der Waals surface area (Å²) in [5, 5.41) is 4.59. The number of hydrogen-bond acceptors (Lipinski definition) is 4. The van der Waals surface area contributed by atoms with Crippen molar-refractivity contribution in [3.63, 3.8) is 0 Å². The maximum atomic E-state index is 11.7. The third kappa shape index (κ3) is 3.94. The van der Waals surface area contributed by atoms with Gasteiger partial charge in [-0.2, -0.15) is 0 Å². The summed E-state index contributed by atoms with van der Waals surface area (Å²) < 4.78 is 30.8. The molecule has 0 amide bonds. The van der Waals surface area contributed by atoms with Gasteiger partial charge >= 0.3 is 0 Å². The molecule has 1 aliphatic rings. The molecule has 1 N–H and O–H groups in total. The molecule has 0 saturated carbocycles. The van der Waals surface area contributed by atoms with Gasteiger partial charge in [0, 0.05) is 18.5 Å². The van der Waals surface area contributed by atoms with Crippen molar-refractivity contribution in [3.05, 3.63) is 36.1 Å². The Morgan fingerprint density at radius 3 is 2.91 bits per heavy atom. The number of piperidine rings is 1. The summed E-state index contributed by atoms with van der Waals surface area (Å²) in [6, 6.07) is 10.2. The molecule has 126 valence electrons. The van der Waals surface area contributed by atoms with Crippen LogP contribution in [0.3, 0.4) is 0 Å². The highest BCUT2D eigenvalue weighted by atomic mass is 32.2. The van der Waals surface area contributed by atoms with Gasteiger partial charge in [-0.25, -0.2) is 12.7 Å². The molecule has 3 rings (SSSR count). The van der Waals surface area contributed by atoms with Gasteiger partial charge in [0.1, 0.15) is 11.3 Å². The molecule has 2 atom stereocenters. The second-order valence-corrected chi connectivity index (χ2v) is 8.43. The number of furan rings is 1. The molecule has 0 unspecified atom stereocenters. The van der Waals surface area contributed by atoms with Gasteiger partial charge < -0.3 is 9.73 Å². The van der Waals surface area contributed by atoms with Crippen molar-refractivity contribution < 1.29 is 12.8 Å². The predicted octanol–water partition coefficient (Wildman–Crippen LogP) is 2.76. The van der Waals surface area contributed by atoms with E-state index in [-0.39, 0.29) is 6.04 Å². The Morgan fingerprint density at radius 1 is 1.39 bits per heavy atom. The molecular formula is C17H24N2O3S. The summed E-state index contributed by atoms with van der Waals surface area (Å²) in [5.41, 5.74) is 0.900. The van der Waals surface area contributed by atoms with Crippen molar-refractivity contribution >= 4 is 21.0 Å². The summed E-state index contributed by atoms with van der Waals surface area (Å²) in [4.78, 5) is 0. The Hall–Kier alpha value is -1.37. The van der Waals surface area contributed by atoms with Crippen molar-refractivity contribution in [3.8, 4) is 0 Å². The lowest BCUT2D eigenvalue weighted by atomic mass is 9.99. The van der Waals surface area contributed by atoms with E-state index in [0.717, 1.165) is 36.1 Å². The van der Waals surface area contributed by atoms with Gasteiger partial charge in [0.15, 0.2) is 0 Å². The second-order valence-electron chi connectivity index (χ2n) is 6.45. The fraction of sp³-hybridized carbons (Fsp3) is 0.529. The molecule has 1 aliphatic heterocycles. The van der Waals surface area contributed by atoms with E-state index >= 15 is 0 Å². The highest BCUT2D eigenvalue weighted by Crippen LogP contribution is 2.24. The maximum Gasteiger partial charge on any atom is 0.211 e. The van der Waals surface area contributed by atoms with Gasteiger partial charge in [0.05, 0.1) is 12.3 Å². The lowest BCUT2D eigenvalue weighted by molar-refractivity contribution is 0.254. The molecule has 1 aromatic heterocycles. The molecule has 0 radical (unpaired) electrons. The van der Waals surface area contributed by atoms with Crippen LogP contribution in [-0.4, -0.2) is 38.6 Å². The smallest absolute Gasteiger partial charge is 0.211 e. The second kappa shape index (κ2) is 6.63. The van der Waals surface area contributed by atoms with Crippen LogP contribution in [0.4, 0.5) is 0 Å². The van der Waals surface area contributed by atoms with E-state index in [9.17, 15) is 8.42 Å². The van der Waals surface area contributed by atoms with Crippen molar-refractivity contribution in [1.82, 2.24) is 9.62 Å². The molecule has 0 bridgehead atoms. The maximum absolute atomic E-state index is 11.7. The average Bonchev–Trinajstić information content (AvgIpc) is 2.96. The van der Waals surface area contributed by atoms with Gasteiger partial charge in [-0.15, -0.1) is 0 Å². The number of benzene rings is 1. The average molecular weight is 336 g/mol. The molecule has 2 heterocycles. The van der Waals surface area contributed by atoms with Gasteiger partial charge in [0.25, 0.3) is 0 Å². The van der Waals surface area contributed by atoms with E-state index in [1.54, 1.807) is 4.31 Å². The first kappa shape index (κ1) is 16.5. The number of nitrogens with zero attached hydrogens (tertiary/aromatic N) is 1. The summed E-state index contributed by atoms with van der Waals surface area (Å²) in [5.74, 6) is 1.27. The Morgan fingerprint density at radius 2 is 2.17 bits per heavy atom. The van der Waals surface area contributed by atoms with E-state index in [0.29, 0.717) is 19.0 Å². The van der Waals surface area contributed by atoms with Crippen LogP contribution in [0.25, 0.3) is 11.0 Å². The van der Waals surface area contributed by atoms with Crippen molar-refractivity contribution in [2.45, 2.75) is 25.8 Å². The zero-order valence-corrected chi connectivity index (χ0v) is 14.5. The van der Waals surface area contributed by atoms with Crippen molar-refractivity contribution in [2.24, 2.45) is 5.92 Å². The first-order chi connectivity index (χ1) is 10.9. The summed E-state index contributed by atoms with van der Waals surface area (Å²) >= 11 is 0. The Labute approximate surface area is 137 Å². The molecular weight excluding hydrogens is 312 g/mol. The molecule has 1 saturated heterocycles. The highest BCUT2D eigenvalue weighted by molar-refractivity contribution is 7.88. The van der Waals surface area contributed by atoms with E-state index in [1.807, 2.05) is 24.3 Å². The van der Waals surface area contributed by atoms with Gasteiger partial charge in [-0.3, -0.25) is 0 Å². The highest BCUT2D eigenvalue weighted by Gasteiger charge is 2.26. The Bertz CT molecular complexity index is 736. The lowest BCUT2D eigenvalue weighted by Crippen LogP contribution is -2.42. The molecule has 0 aliphatic carbocycles. The van der Waals surface area contributed by atoms with E-state index < -0.39 is 10.0 Å². The van der Waals surface area contributed by atoms with Crippen LogP contribution in [0.15, 0.2) is 34.7 Å². The number of nitrogens with one attached hydrogen (secondary N) is 1. The van der Waals surface area contributed by atoms with E-state index in [1.165, 1.54) is 6.26 Å². The van der Waals surface area contributed by atoms with Crippen LogP contribution in [0.1, 0.15) is 31.6 Å². The zero-order chi connectivity index (χ0) is 16.4. The molecule has 5 nitrogen and oxygen atoms in total. The number of sulfonamides is 1. The Kier molecular flexibility index (Phi) is 4.75. The van der Waals surface area contributed by atoms with Crippen LogP contribution in [0.5, 0.6) is 0 Å². The molecule has 23 heavy (non-hydrogen) atoms. The van der Waals surface area contributed by atoms with E-state index in [2.05, 4.69) is 18.3 Å². The molecule has 1 aromatic carbocycles. The standard InChI is InChI=1S/C17H24N2O3S/c1-13(17-10-15-7-3-4-8-16(15)22-17)18-11-14-6-5-9-19(12-14)23(2,20)21/h3-4,7-8,10,13-14,18H,5-6,9,11-12H2,1-2H3/t13-,14+/m0/s1. The number of rotatable bonds is 5. The van der Waals surface area contributed by atoms with Crippen molar-refractivity contribution in [2.75, 3.05) is 25.9 Å². The number of fused-ring (bicyclic) bond motifs is 1. The topological polar surface area (TPSA) is 62.6 Å². The van der Waals surface area contributed by atoms with E-state index in [4.69, 9.17) is 4.42 Å². The summed E-state index contributed by atoms with van der Waals surface area (Å²) in [6.07, 6.45) is 3.28. The van der Waals surface area contributed by atoms with Gasteiger partial charge in [-0.05, 0) is 44.4 Å². The number of hydrogen-bond donors (Lipinski definition) is 1. The SMILES string of the molecule is C[C@H](NC[C@H]1CCCN(S(C)(=O)=O)C1)c1cc2ccccc2o1. The first-order valence-electron chi connectivity index (χ1n) is 8.10. The zero-order valence-electron chi connectivity index (χ0n) is 13.7. The van der Waals surface area contributed by atoms with Gasteiger partial charge in [-0.1, -0.05) is 18.2 Å². The lowest BCUT2D eigenvalue weighted by Gasteiger charge is -2.31. The first-order valence-corrected chi connectivity index (χ1v) is 9.95.